The average molecular weight is 264 g/mol. The van der Waals surface area contributed by atoms with Gasteiger partial charge in [0, 0.05) is 19.1 Å². The number of likely N-dealkylation sites (N-methyl/N-ethyl adjacent to an activating group) is 1. The van der Waals surface area contributed by atoms with Crippen molar-refractivity contribution in [2.24, 2.45) is 0 Å². The third-order valence-electron chi connectivity index (χ3n) is 3.92. The Morgan fingerprint density at radius 3 is 2.53 bits per heavy atom. The molecule has 1 aromatic carbocycles. The third-order valence-corrected chi connectivity index (χ3v) is 3.92. The number of nitrogens with one attached hydrogen (secondary N) is 1. The van der Waals surface area contributed by atoms with E-state index in [-0.39, 0.29) is 0 Å². The Labute approximate surface area is 115 Å². The zero-order valence-electron chi connectivity index (χ0n) is 12.3. The fourth-order valence-corrected chi connectivity index (χ4v) is 2.61. The number of ether oxygens (including phenoxy) is 2. The summed E-state index contributed by atoms with van der Waals surface area (Å²) in [6.45, 7) is 5.28. The average Bonchev–Trinajstić information content (AvgIpc) is 2.94. The van der Waals surface area contributed by atoms with Gasteiger partial charge in [-0.05, 0) is 50.2 Å². The Bertz CT molecular complexity index is 428. The van der Waals surface area contributed by atoms with Crippen molar-refractivity contribution in [1.82, 2.24) is 10.2 Å². The van der Waals surface area contributed by atoms with E-state index in [0.29, 0.717) is 6.04 Å². The fourth-order valence-electron chi connectivity index (χ4n) is 2.61. The van der Waals surface area contributed by atoms with Crippen molar-refractivity contribution in [1.29, 1.82) is 0 Å². The first-order valence-corrected chi connectivity index (χ1v) is 6.78. The number of methoxy groups -OCH3 is 2. The summed E-state index contributed by atoms with van der Waals surface area (Å²) in [5.41, 5.74) is 2.54. The van der Waals surface area contributed by atoms with Crippen LogP contribution >= 0.6 is 0 Å². The maximum absolute atomic E-state index is 5.38. The Hall–Kier alpha value is -1.26. The minimum atomic E-state index is 0.632. The summed E-state index contributed by atoms with van der Waals surface area (Å²) >= 11 is 0. The van der Waals surface area contributed by atoms with E-state index in [1.807, 2.05) is 0 Å². The molecule has 1 aliphatic heterocycles. The summed E-state index contributed by atoms with van der Waals surface area (Å²) in [5, 5.41) is 3.41. The van der Waals surface area contributed by atoms with Crippen LogP contribution in [-0.2, 0) is 6.54 Å². The SMILES string of the molecule is COc1cc(C)c(CN(C)C2CCNC2)cc1OC. The number of rotatable bonds is 5. The predicted molar refractivity (Wildman–Crippen MR) is 77.0 cm³/mol. The smallest absolute Gasteiger partial charge is 0.161 e. The Morgan fingerprint density at radius 1 is 1.26 bits per heavy atom. The monoisotopic (exact) mass is 264 g/mol. The van der Waals surface area contributed by atoms with Crippen LogP contribution in [0.5, 0.6) is 11.5 Å². The molecule has 1 atom stereocenters. The molecule has 0 aliphatic carbocycles. The van der Waals surface area contributed by atoms with E-state index >= 15 is 0 Å². The summed E-state index contributed by atoms with van der Waals surface area (Å²) in [4.78, 5) is 2.41. The molecule has 1 aliphatic rings. The molecule has 0 amide bonds. The standard InChI is InChI=1S/C15H24N2O2/c1-11-7-14(18-3)15(19-4)8-12(11)10-17(2)13-5-6-16-9-13/h7-8,13,16H,5-6,9-10H2,1-4H3. The van der Waals surface area contributed by atoms with Gasteiger partial charge in [0.15, 0.2) is 11.5 Å². The van der Waals surface area contributed by atoms with E-state index in [0.717, 1.165) is 31.1 Å². The molecule has 0 bridgehead atoms. The van der Waals surface area contributed by atoms with Crippen LogP contribution in [-0.4, -0.2) is 45.3 Å². The lowest BCUT2D eigenvalue weighted by atomic mass is 10.1. The molecule has 1 saturated heterocycles. The molecule has 106 valence electrons. The molecule has 0 aromatic heterocycles. The molecule has 1 fully saturated rings. The number of nitrogens with zero attached hydrogens (tertiary/aromatic N) is 1. The first-order valence-electron chi connectivity index (χ1n) is 6.78. The van der Waals surface area contributed by atoms with Gasteiger partial charge in [0.25, 0.3) is 0 Å². The minimum Gasteiger partial charge on any atom is -0.493 e. The van der Waals surface area contributed by atoms with E-state index in [1.165, 1.54) is 17.5 Å². The largest absolute Gasteiger partial charge is 0.493 e. The van der Waals surface area contributed by atoms with Crippen molar-refractivity contribution in [3.05, 3.63) is 23.3 Å². The first-order chi connectivity index (χ1) is 9.15. The van der Waals surface area contributed by atoms with Crippen LogP contribution in [0.15, 0.2) is 12.1 Å². The van der Waals surface area contributed by atoms with Gasteiger partial charge in [-0.3, -0.25) is 4.90 Å². The second kappa shape index (κ2) is 6.26. The van der Waals surface area contributed by atoms with Crippen LogP contribution in [0.25, 0.3) is 0 Å². The van der Waals surface area contributed by atoms with E-state index in [4.69, 9.17) is 9.47 Å². The quantitative estimate of drug-likeness (QED) is 0.879. The van der Waals surface area contributed by atoms with Crippen LogP contribution < -0.4 is 14.8 Å². The van der Waals surface area contributed by atoms with Gasteiger partial charge in [-0.2, -0.15) is 0 Å². The van der Waals surface area contributed by atoms with E-state index in [2.05, 4.69) is 36.3 Å². The van der Waals surface area contributed by atoms with Gasteiger partial charge in [0.2, 0.25) is 0 Å². The van der Waals surface area contributed by atoms with Crippen molar-refractivity contribution in [2.75, 3.05) is 34.4 Å². The number of hydrogen-bond donors (Lipinski definition) is 1. The first kappa shape index (κ1) is 14.2. The Balaban J connectivity index is 2.14. The van der Waals surface area contributed by atoms with E-state index in [9.17, 15) is 0 Å². The number of aryl methyl sites for hydroxylation is 1. The zero-order chi connectivity index (χ0) is 13.8. The van der Waals surface area contributed by atoms with Crippen LogP contribution in [0.2, 0.25) is 0 Å². The highest BCUT2D eigenvalue weighted by molar-refractivity contribution is 5.47. The molecule has 1 unspecified atom stereocenters. The Morgan fingerprint density at radius 2 is 1.95 bits per heavy atom. The maximum Gasteiger partial charge on any atom is 0.161 e. The summed E-state index contributed by atoms with van der Waals surface area (Å²) in [5.74, 6) is 1.61. The van der Waals surface area contributed by atoms with Gasteiger partial charge in [0.1, 0.15) is 0 Å². The van der Waals surface area contributed by atoms with Gasteiger partial charge in [-0.15, -0.1) is 0 Å². The topological polar surface area (TPSA) is 33.7 Å². The van der Waals surface area contributed by atoms with Crippen molar-refractivity contribution >= 4 is 0 Å². The molecule has 0 spiro atoms. The molecule has 1 heterocycles. The van der Waals surface area contributed by atoms with Gasteiger partial charge >= 0.3 is 0 Å². The van der Waals surface area contributed by atoms with Crippen LogP contribution in [0.4, 0.5) is 0 Å². The highest BCUT2D eigenvalue weighted by Crippen LogP contribution is 2.31. The highest BCUT2D eigenvalue weighted by atomic mass is 16.5. The van der Waals surface area contributed by atoms with Crippen molar-refractivity contribution in [3.8, 4) is 11.5 Å². The molecular formula is C15H24N2O2. The van der Waals surface area contributed by atoms with Crippen molar-refractivity contribution in [3.63, 3.8) is 0 Å². The third kappa shape index (κ3) is 3.19. The molecule has 19 heavy (non-hydrogen) atoms. The summed E-state index contributed by atoms with van der Waals surface area (Å²) in [6.07, 6.45) is 1.23. The Kier molecular flexibility index (Phi) is 4.66. The molecule has 2 rings (SSSR count). The van der Waals surface area contributed by atoms with Crippen LogP contribution in [0.3, 0.4) is 0 Å². The summed E-state index contributed by atoms with van der Waals surface area (Å²) in [6, 6.07) is 4.77. The fraction of sp³-hybridized carbons (Fsp3) is 0.600. The van der Waals surface area contributed by atoms with Crippen molar-refractivity contribution < 1.29 is 9.47 Å². The summed E-state index contributed by atoms with van der Waals surface area (Å²) < 4.78 is 10.7. The molecule has 1 aromatic rings. The normalized spacial score (nSPS) is 18.9. The molecule has 0 radical (unpaired) electrons. The molecule has 1 N–H and O–H groups in total. The highest BCUT2D eigenvalue weighted by Gasteiger charge is 2.20. The summed E-state index contributed by atoms with van der Waals surface area (Å²) in [7, 11) is 5.54. The molecule has 4 nitrogen and oxygen atoms in total. The van der Waals surface area contributed by atoms with E-state index in [1.54, 1.807) is 14.2 Å². The van der Waals surface area contributed by atoms with Crippen molar-refractivity contribution in [2.45, 2.75) is 25.9 Å². The molecule has 4 heteroatoms. The molecular weight excluding hydrogens is 240 g/mol. The lowest BCUT2D eigenvalue weighted by Gasteiger charge is -2.24. The lowest BCUT2D eigenvalue weighted by molar-refractivity contribution is 0.248. The van der Waals surface area contributed by atoms with E-state index < -0.39 is 0 Å². The second-order valence-electron chi connectivity index (χ2n) is 5.20. The van der Waals surface area contributed by atoms with Crippen LogP contribution in [0.1, 0.15) is 17.5 Å². The van der Waals surface area contributed by atoms with Gasteiger partial charge in [-0.25, -0.2) is 0 Å². The van der Waals surface area contributed by atoms with Gasteiger partial charge < -0.3 is 14.8 Å². The van der Waals surface area contributed by atoms with Crippen LogP contribution in [0, 0.1) is 6.92 Å². The maximum atomic E-state index is 5.38. The van der Waals surface area contributed by atoms with Gasteiger partial charge in [0.05, 0.1) is 14.2 Å². The predicted octanol–water partition coefficient (Wildman–Crippen LogP) is 1.81. The molecule has 0 saturated carbocycles. The zero-order valence-corrected chi connectivity index (χ0v) is 12.3. The van der Waals surface area contributed by atoms with Gasteiger partial charge in [-0.1, -0.05) is 0 Å². The number of hydrogen-bond acceptors (Lipinski definition) is 4. The number of benzene rings is 1. The minimum absolute atomic E-state index is 0.632. The second-order valence-corrected chi connectivity index (χ2v) is 5.20. The lowest BCUT2D eigenvalue weighted by Crippen LogP contribution is -2.33.